The second kappa shape index (κ2) is 9.58. The van der Waals surface area contributed by atoms with E-state index in [0.717, 1.165) is 12.1 Å². The monoisotopic (exact) mass is 528 g/mol. The highest BCUT2D eigenvalue weighted by atomic mass is 79.9. The Labute approximate surface area is 198 Å². The number of hydrogen-bond donors (Lipinski definition) is 1. The first-order valence-electron chi connectivity index (χ1n) is 10.2. The number of hydrogen-bond acceptors (Lipinski definition) is 5. The number of alkyl halides is 4. The molecular weight excluding hydrogens is 505 g/mol. The number of amides is 2. The fourth-order valence-electron chi connectivity index (χ4n) is 3.48. The van der Waals surface area contributed by atoms with Crippen LogP contribution < -0.4 is 15.1 Å². The molecule has 2 aromatic rings. The zero-order valence-corrected chi connectivity index (χ0v) is 19.9. The first-order chi connectivity index (χ1) is 15.4. The summed E-state index contributed by atoms with van der Waals surface area (Å²) in [6, 6.07) is 7.65. The lowest BCUT2D eigenvalue weighted by Crippen LogP contribution is -2.56. The zero-order chi connectivity index (χ0) is 24.4. The van der Waals surface area contributed by atoms with Gasteiger partial charge in [0, 0.05) is 25.0 Å². The number of fused-ring (bicyclic) bond motifs is 1. The zero-order valence-electron chi connectivity index (χ0n) is 18.3. The van der Waals surface area contributed by atoms with Crippen LogP contribution in [0.4, 0.5) is 35.2 Å². The summed E-state index contributed by atoms with van der Waals surface area (Å²) in [7, 11) is 0. The van der Waals surface area contributed by atoms with Gasteiger partial charge in [0.2, 0.25) is 5.91 Å². The molecule has 2 heterocycles. The first-order valence-corrected chi connectivity index (χ1v) is 11.3. The molecule has 0 saturated carbocycles. The summed E-state index contributed by atoms with van der Waals surface area (Å²) in [6.07, 6.45) is -3.55. The van der Waals surface area contributed by atoms with Crippen LogP contribution in [-0.4, -0.2) is 47.0 Å². The van der Waals surface area contributed by atoms with E-state index in [1.54, 1.807) is 37.8 Å². The molecule has 0 saturated heterocycles. The number of aromatic nitrogens is 1. The average Bonchev–Trinajstić information content (AvgIpc) is 2.74. The number of alkyl carbamates (subject to hydrolysis) is 1. The normalized spacial score (nSPS) is 16.3. The number of benzene rings is 1. The van der Waals surface area contributed by atoms with Crippen LogP contribution in [0.3, 0.4) is 0 Å². The quantitative estimate of drug-likeness (QED) is 0.573. The van der Waals surface area contributed by atoms with Gasteiger partial charge in [0.05, 0.1) is 22.6 Å². The summed E-state index contributed by atoms with van der Waals surface area (Å²) < 4.78 is 44.3. The molecule has 0 aliphatic carbocycles. The number of carbonyl (C=O) groups excluding carboxylic acids is 2. The smallest absolute Gasteiger partial charge is 0.416 e. The van der Waals surface area contributed by atoms with Crippen molar-refractivity contribution in [1.29, 1.82) is 0 Å². The molecule has 0 radical (unpaired) electrons. The lowest BCUT2D eigenvalue weighted by Gasteiger charge is -2.42. The molecule has 3 rings (SSSR count). The SMILES string of the molecule is CC(C)(C)OC(=O)NCC1CN(c2ccc(C(F)(F)F)cc2)c2cccnc2N1C(=O)CBr. The van der Waals surface area contributed by atoms with Gasteiger partial charge in [-0.3, -0.25) is 9.69 Å². The van der Waals surface area contributed by atoms with Gasteiger partial charge in [0.1, 0.15) is 5.60 Å². The van der Waals surface area contributed by atoms with Crippen LogP contribution in [0.2, 0.25) is 0 Å². The topological polar surface area (TPSA) is 74.8 Å². The summed E-state index contributed by atoms with van der Waals surface area (Å²) in [5, 5.41) is 2.71. The van der Waals surface area contributed by atoms with Crippen LogP contribution in [0.25, 0.3) is 0 Å². The minimum Gasteiger partial charge on any atom is -0.444 e. The van der Waals surface area contributed by atoms with Crippen LogP contribution in [0, 0.1) is 0 Å². The fourth-order valence-corrected chi connectivity index (χ4v) is 3.75. The van der Waals surface area contributed by atoms with Crippen LogP contribution in [0.15, 0.2) is 42.6 Å². The van der Waals surface area contributed by atoms with Gasteiger partial charge in [-0.15, -0.1) is 0 Å². The maximum Gasteiger partial charge on any atom is 0.416 e. The second-order valence-corrected chi connectivity index (χ2v) is 9.00. The molecule has 178 valence electrons. The molecule has 7 nitrogen and oxygen atoms in total. The average molecular weight is 529 g/mol. The van der Waals surface area contributed by atoms with Gasteiger partial charge in [-0.05, 0) is 57.2 Å². The van der Waals surface area contributed by atoms with Crippen molar-refractivity contribution in [3.05, 3.63) is 48.2 Å². The minimum absolute atomic E-state index is 0.0340. The van der Waals surface area contributed by atoms with Crippen LogP contribution in [0.1, 0.15) is 26.3 Å². The van der Waals surface area contributed by atoms with E-state index < -0.39 is 29.5 Å². The van der Waals surface area contributed by atoms with Crippen molar-refractivity contribution in [2.75, 3.05) is 28.2 Å². The van der Waals surface area contributed by atoms with Crippen molar-refractivity contribution in [2.24, 2.45) is 0 Å². The molecule has 1 aromatic heterocycles. The molecule has 0 fully saturated rings. The number of ether oxygens (including phenoxy) is 1. The molecule has 1 aliphatic heterocycles. The molecule has 1 atom stereocenters. The Morgan fingerprint density at radius 1 is 1.18 bits per heavy atom. The molecule has 0 bridgehead atoms. The van der Waals surface area contributed by atoms with E-state index in [0.29, 0.717) is 17.2 Å². The second-order valence-electron chi connectivity index (χ2n) is 8.44. The largest absolute Gasteiger partial charge is 0.444 e. The van der Waals surface area contributed by atoms with E-state index in [-0.39, 0.29) is 24.3 Å². The lowest BCUT2D eigenvalue weighted by atomic mass is 10.1. The van der Waals surface area contributed by atoms with Gasteiger partial charge in [0.15, 0.2) is 5.82 Å². The number of rotatable bonds is 4. The Hall–Kier alpha value is -2.82. The van der Waals surface area contributed by atoms with E-state index >= 15 is 0 Å². The van der Waals surface area contributed by atoms with E-state index in [4.69, 9.17) is 4.74 Å². The lowest BCUT2D eigenvalue weighted by molar-refractivity contribution is -0.137. The fraction of sp³-hybridized carbons (Fsp3) is 0.409. The number of nitrogens with zero attached hydrogens (tertiary/aromatic N) is 3. The van der Waals surface area contributed by atoms with Gasteiger partial charge in [-0.1, -0.05) is 15.9 Å². The molecule has 1 aromatic carbocycles. The Kier molecular flexibility index (Phi) is 7.20. The Morgan fingerprint density at radius 3 is 2.42 bits per heavy atom. The molecule has 11 heteroatoms. The number of nitrogens with one attached hydrogen (secondary N) is 1. The third kappa shape index (κ3) is 5.95. The third-order valence-corrected chi connectivity index (χ3v) is 5.29. The third-order valence-electron chi connectivity index (χ3n) is 4.81. The Bertz CT molecular complexity index is 1010. The highest BCUT2D eigenvalue weighted by Gasteiger charge is 2.37. The van der Waals surface area contributed by atoms with E-state index in [1.165, 1.54) is 23.2 Å². The number of halogens is 4. The summed E-state index contributed by atoms with van der Waals surface area (Å²) in [5.74, 6) is 0.0853. The highest BCUT2D eigenvalue weighted by Crippen LogP contribution is 2.39. The van der Waals surface area contributed by atoms with Crippen molar-refractivity contribution >= 4 is 45.1 Å². The Morgan fingerprint density at radius 2 is 1.85 bits per heavy atom. The predicted molar refractivity (Wildman–Crippen MR) is 122 cm³/mol. The van der Waals surface area contributed by atoms with E-state index in [9.17, 15) is 22.8 Å². The van der Waals surface area contributed by atoms with Crippen LogP contribution in [0.5, 0.6) is 0 Å². The summed E-state index contributed by atoms with van der Waals surface area (Å²) in [6.45, 7) is 5.49. The minimum atomic E-state index is -4.45. The molecule has 1 aliphatic rings. The molecular formula is C22H24BrF3N4O3. The molecule has 2 amide bonds. The van der Waals surface area contributed by atoms with Crippen molar-refractivity contribution in [1.82, 2.24) is 10.3 Å². The van der Waals surface area contributed by atoms with Gasteiger partial charge >= 0.3 is 12.3 Å². The van der Waals surface area contributed by atoms with E-state index in [2.05, 4.69) is 26.2 Å². The highest BCUT2D eigenvalue weighted by molar-refractivity contribution is 9.09. The maximum atomic E-state index is 13.0. The van der Waals surface area contributed by atoms with Crippen molar-refractivity contribution in [2.45, 2.75) is 38.6 Å². The van der Waals surface area contributed by atoms with Gasteiger partial charge in [-0.25, -0.2) is 9.78 Å². The Balaban J connectivity index is 1.94. The number of carbonyl (C=O) groups is 2. The summed E-state index contributed by atoms with van der Waals surface area (Å²) in [5.41, 5.74) is -0.373. The maximum absolute atomic E-state index is 13.0. The molecule has 33 heavy (non-hydrogen) atoms. The van der Waals surface area contributed by atoms with Gasteiger partial charge < -0.3 is 15.0 Å². The number of pyridine rings is 1. The van der Waals surface area contributed by atoms with Crippen LogP contribution in [-0.2, 0) is 15.7 Å². The first kappa shape index (κ1) is 24.8. The summed E-state index contributed by atoms with van der Waals surface area (Å²) in [4.78, 5) is 32.6. The van der Waals surface area contributed by atoms with Crippen molar-refractivity contribution < 1.29 is 27.5 Å². The standard InChI is InChI=1S/C22H24BrF3N4O3/c1-21(2,3)33-20(32)28-12-16-13-29(15-8-6-14(7-9-15)22(24,25)26)17-5-4-10-27-19(17)30(16)18(31)11-23/h4-10,16H,11-13H2,1-3H3,(H,28,32). The molecule has 0 spiro atoms. The van der Waals surface area contributed by atoms with Crippen molar-refractivity contribution in [3.8, 4) is 0 Å². The predicted octanol–water partition coefficient (Wildman–Crippen LogP) is 4.87. The van der Waals surface area contributed by atoms with Crippen LogP contribution >= 0.6 is 15.9 Å². The summed E-state index contributed by atoms with van der Waals surface area (Å²) >= 11 is 3.18. The van der Waals surface area contributed by atoms with Gasteiger partial charge in [0.25, 0.3) is 0 Å². The van der Waals surface area contributed by atoms with E-state index in [1.807, 2.05) is 0 Å². The molecule has 1 N–H and O–H groups in total. The van der Waals surface area contributed by atoms with Gasteiger partial charge in [-0.2, -0.15) is 13.2 Å². The number of anilines is 3. The van der Waals surface area contributed by atoms with Crippen molar-refractivity contribution in [3.63, 3.8) is 0 Å². The molecule has 1 unspecified atom stereocenters.